The van der Waals surface area contributed by atoms with Gasteiger partial charge in [-0.2, -0.15) is 0 Å². The number of fused-ring (bicyclic) bond motifs is 6. The van der Waals surface area contributed by atoms with Crippen LogP contribution in [0, 0.1) is 24.1 Å². The summed E-state index contributed by atoms with van der Waals surface area (Å²) >= 11 is 0. The average Bonchev–Trinajstić information content (AvgIpc) is 3.84. The first-order valence-corrected chi connectivity index (χ1v) is 22.8. The van der Waals surface area contributed by atoms with E-state index in [2.05, 4.69) is 28.4 Å². The summed E-state index contributed by atoms with van der Waals surface area (Å²) in [6.45, 7) is 10.9. The van der Waals surface area contributed by atoms with Gasteiger partial charge in [0.05, 0.1) is 40.6 Å². The Kier molecular flexibility index (Phi) is 9.40. The van der Waals surface area contributed by atoms with Crippen molar-refractivity contribution in [1.82, 2.24) is 24.7 Å². The highest BCUT2D eigenvalue weighted by atomic mass is 19.1. The van der Waals surface area contributed by atoms with E-state index in [0.717, 1.165) is 65.7 Å². The maximum Gasteiger partial charge on any atom is 0.343 e. The molecule has 1 saturated heterocycles. The Morgan fingerprint density at radius 2 is 1.75 bits per heavy atom. The number of ether oxygens (including phenoxy) is 1. The number of nitrogens with zero attached hydrogens (tertiary/aromatic N) is 4. The van der Waals surface area contributed by atoms with E-state index in [1.54, 1.807) is 35.4 Å². The van der Waals surface area contributed by atoms with E-state index in [1.165, 1.54) is 17.7 Å². The zero-order chi connectivity index (χ0) is 45.4. The summed E-state index contributed by atoms with van der Waals surface area (Å²) in [7, 11) is 0. The van der Waals surface area contributed by atoms with Gasteiger partial charge in [-0.05, 0) is 107 Å². The lowest BCUT2D eigenvalue weighted by molar-refractivity contribution is -0.172. The van der Waals surface area contributed by atoms with E-state index in [-0.39, 0.29) is 94.2 Å². The van der Waals surface area contributed by atoms with Crippen molar-refractivity contribution < 1.29 is 38.8 Å². The molecule has 2 amide bonds. The summed E-state index contributed by atoms with van der Waals surface area (Å²) in [5.41, 5.74) is 6.89. The monoisotopic (exact) mass is 881 g/mol. The minimum Gasteiger partial charge on any atom is -0.508 e. The molecule has 1 spiro atoms. The summed E-state index contributed by atoms with van der Waals surface area (Å²) in [5, 5.41) is 36.4. The fourth-order valence-electron chi connectivity index (χ4n) is 12.1. The molecule has 336 valence electrons. The highest BCUT2D eigenvalue weighted by Crippen LogP contribution is 2.54. The van der Waals surface area contributed by atoms with Gasteiger partial charge in [0.2, 0.25) is 5.91 Å². The number of aromatic hydroxyl groups is 2. The fourth-order valence-corrected chi connectivity index (χ4v) is 12.1. The molecule has 5 aromatic rings. The number of halogens is 1. The lowest BCUT2D eigenvalue weighted by Gasteiger charge is -2.59. The number of rotatable bonds is 8. The number of hydrogen-bond acceptors (Lipinski definition) is 10. The standard InChI is InChI=1S/C51H52FN5O8/c1-5-51(64)36-13-40-46-34(21-57(40)48(62)35(36)22-65-49(51)63)45-38(9-8-31-26(4)37(52)14-39(54-46)44(31)45)53-43(60)11-28-16-50(17-28)23-55(24-50)18-27-6-7-29-19-56(20-30(29)10-27)47(61)33-12-32(25(2)3)41(58)15-42(33)59/h6-7,10,12-15,25,28,38,58-59,64H,5,8-9,11,16-24H2,1-4H3,(H,53,60)/t38-,51+/m1/s1. The minimum absolute atomic E-state index is 0.00494. The van der Waals surface area contributed by atoms with Crippen molar-refractivity contribution in [3.8, 4) is 22.9 Å². The summed E-state index contributed by atoms with van der Waals surface area (Å²) in [6.07, 6.45) is 3.50. The van der Waals surface area contributed by atoms with E-state index in [9.17, 15) is 34.5 Å². The molecule has 2 atom stereocenters. The van der Waals surface area contributed by atoms with Crippen molar-refractivity contribution in [2.24, 2.45) is 11.3 Å². The number of phenols is 2. The number of phenolic OH excluding ortho intramolecular Hbond substituents is 2. The minimum atomic E-state index is -1.97. The molecule has 65 heavy (non-hydrogen) atoms. The molecule has 2 aliphatic carbocycles. The smallest absolute Gasteiger partial charge is 0.343 e. The molecule has 14 heteroatoms. The van der Waals surface area contributed by atoms with Crippen LogP contribution in [0.25, 0.3) is 22.3 Å². The van der Waals surface area contributed by atoms with Crippen LogP contribution in [0.1, 0.15) is 131 Å². The summed E-state index contributed by atoms with van der Waals surface area (Å²) in [5.74, 6) is -1.46. The number of hydrogen-bond donors (Lipinski definition) is 4. The molecule has 2 aromatic heterocycles. The molecule has 1 saturated carbocycles. The van der Waals surface area contributed by atoms with Gasteiger partial charge in [0, 0.05) is 67.8 Å². The highest BCUT2D eigenvalue weighted by molar-refractivity contribution is 5.98. The summed E-state index contributed by atoms with van der Waals surface area (Å²) in [4.78, 5) is 63.3. The molecular formula is C51H52FN5O8. The first-order chi connectivity index (χ1) is 31.0. The molecule has 6 heterocycles. The molecule has 0 bridgehead atoms. The van der Waals surface area contributed by atoms with E-state index in [0.29, 0.717) is 60.4 Å². The van der Waals surface area contributed by atoms with Crippen molar-refractivity contribution in [1.29, 1.82) is 0 Å². The maximum absolute atomic E-state index is 15.4. The lowest BCUT2D eigenvalue weighted by atomic mass is 9.57. The number of pyridine rings is 2. The number of aliphatic hydroxyl groups is 1. The van der Waals surface area contributed by atoms with Gasteiger partial charge in [-0.3, -0.25) is 19.3 Å². The zero-order valence-corrected chi connectivity index (χ0v) is 37.0. The maximum atomic E-state index is 15.4. The number of carbonyl (C=O) groups is 3. The van der Waals surface area contributed by atoms with Gasteiger partial charge in [-0.25, -0.2) is 14.2 Å². The quantitative estimate of drug-likeness (QED) is 0.122. The number of benzene rings is 3. The Balaban J connectivity index is 0.748. The third kappa shape index (κ3) is 6.41. The second kappa shape index (κ2) is 14.7. The number of cyclic esters (lactones) is 1. The molecular weight excluding hydrogens is 830 g/mol. The molecule has 0 unspecified atom stereocenters. The van der Waals surface area contributed by atoms with Crippen molar-refractivity contribution in [2.75, 3.05) is 13.1 Å². The van der Waals surface area contributed by atoms with Gasteiger partial charge in [-0.1, -0.05) is 39.0 Å². The fraction of sp³-hybridized carbons (Fsp3) is 0.431. The van der Waals surface area contributed by atoms with E-state index in [4.69, 9.17) is 9.72 Å². The van der Waals surface area contributed by atoms with Gasteiger partial charge in [0.25, 0.3) is 11.5 Å². The first kappa shape index (κ1) is 41.6. The Bertz CT molecular complexity index is 3000. The second-order valence-corrected chi connectivity index (χ2v) is 19.9. The number of aromatic nitrogens is 2. The van der Waals surface area contributed by atoms with Crippen molar-refractivity contribution in [2.45, 2.75) is 117 Å². The van der Waals surface area contributed by atoms with Crippen LogP contribution in [0.5, 0.6) is 11.5 Å². The van der Waals surface area contributed by atoms with Crippen molar-refractivity contribution in [3.05, 3.63) is 120 Å². The van der Waals surface area contributed by atoms with Gasteiger partial charge in [0.1, 0.15) is 23.9 Å². The number of carbonyl (C=O) groups excluding carboxylic acids is 3. The number of likely N-dealkylation sites (tertiary alicyclic amines) is 1. The predicted molar refractivity (Wildman–Crippen MR) is 237 cm³/mol. The van der Waals surface area contributed by atoms with Crippen molar-refractivity contribution >= 4 is 28.7 Å². The van der Waals surface area contributed by atoms with Gasteiger partial charge in [0.15, 0.2) is 5.60 Å². The number of aryl methyl sites for hydroxylation is 1. The molecule has 4 N–H and O–H groups in total. The molecule has 11 rings (SSSR count). The Morgan fingerprint density at radius 3 is 2.51 bits per heavy atom. The normalized spacial score (nSPS) is 21.4. The molecule has 3 aromatic carbocycles. The molecule has 6 aliphatic rings. The summed E-state index contributed by atoms with van der Waals surface area (Å²) < 4.78 is 22.3. The molecule has 4 aliphatic heterocycles. The Morgan fingerprint density at radius 1 is 0.985 bits per heavy atom. The van der Waals surface area contributed by atoms with E-state index in [1.807, 2.05) is 13.8 Å². The van der Waals surface area contributed by atoms with Gasteiger partial charge >= 0.3 is 5.97 Å². The van der Waals surface area contributed by atoms with Crippen LogP contribution >= 0.6 is 0 Å². The highest BCUT2D eigenvalue weighted by Gasteiger charge is 2.52. The zero-order valence-electron chi connectivity index (χ0n) is 37.0. The van der Waals surface area contributed by atoms with Crippen molar-refractivity contribution in [3.63, 3.8) is 0 Å². The molecule has 13 nitrogen and oxygen atoms in total. The van der Waals surface area contributed by atoms with Crippen LogP contribution in [0.4, 0.5) is 4.39 Å². The molecule has 2 fully saturated rings. The second-order valence-electron chi connectivity index (χ2n) is 19.9. The van der Waals surface area contributed by atoms with Crippen LogP contribution in [0.2, 0.25) is 0 Å². The number of amides is 2. The first-order valence-electron chi connectivity index (χ1n) is 22.8. The number of nitrogens with one attached hydrogen (secondary N) is 1. The lowest BCUT2D eigenvalue weighted by Crippen LogP contribution is -2.62. The van der Waals surface area contributed by atoms with Crippen LogP contribution in [0.3, 0.4) is 0 Å². The SMILES string of the molecule is CC[C@@]1(O)C(=O)OCc2c1cc1n(c2=O)Cc2c-1nc1cc(F)c(C)c3c1c2[C@H](NC(=O)CC1CC2(C1)CN(Cc1ccc4c(c1)CN(C(=O)c1cc(C(C)C)c(O)cc1O)C4)C2)CC3. The third-order valence-electron chi connectivity index (χ3n) is 15.4. The topological polar surface area (TPSA) is 175 Å². The summed E-state index contributed by atoms with van der Waals surface area (Å²) in [6, 6.07) is 12.0. The van der Waals surface area contributed by atoms with Crippen LogP contribution < -0.4 is 10.9 Å². The largest absolute Gasteiger partial charge is 0.508 e. The van der Waals surface area contributed by atoms with Crippen LogP contribution in [-0.4, -0.2) is 65.5 Å². The number of esters is 1. The van der Waals surface area contributed by atoms with E-state index >= 15 is 4.39 Å². The predicted octanol–water partition coefficient (Wildman–Crippen LogP) is 6.62. The molecule has 0 radical (unpaired) electrons. The van der Waals surface area contributed by atoms with Gasteiger partial charge in [-0.15, -0.1) is 0 Å². The van der Waals surface area contributed by atoms with Gasteiger partial charge < -0.3 is 34.8 Å². The Hall–Kier alpha value is -6.12. The average molecular weight is 882 g/mol. The van der Waals surface area contributed by atoms with E-state index < -0.39 is 11.6 Å². The van der Waals surface area contributed by atoms with Crippen LogP contribution in [0.15, 0.2) is 47.3 Å². The van der Waals surface area contributed by atoms with Crippen LogP contribution in [-0.2, 0) is 59.1 Å². The Labute approximate surface area is 374 Å². The third-order valence-corrected chi connectivity index (χ3v) is 15.4.